The third-order valence-corrected chi connectivity index (χ3v) is 5.25. The van der Waals surface area contributed by atoms with Gasteiger partial charge < -0.3 is 5.32 Å². The zero-order valence-corrected chi connectivity index (χ0v) is 15.4. The van der Waals surface area contributed by atoms with Gasteiger partial charge in [0.05, 0.1) is 4.90 Å². The summed E-state index contributed by atoms with van der Waals surface area (Å²) in [7, 11) is -3.59. The largest absolute Gasteiger partial charge is 0.354 e. The highest BCUT2D eigenvalue weighted by Crippen LogP contribution is 2.23. The Bertz CT molecular complexity index is 739. The molecule has 0 aliphatic carbocycles. The molecule has 132 valence electrons. The highest BCUT2D eigenvalue weighted by atomic mass is 32.2. The lowest BCUT2D eigenvalue weighted by Gasteiger charge is -2.17. The zero-order chi connectivity index (χ0) is 17.9. The standard InChI is InChI=1S/C17H25N3O3S/c1-11(2)9-10-18-17(21)15(12(3)4)19-16-13-7-5-6-8-14(13)24(22,23)20-16/h5-8,11-12,15H,9-10H2,1-4H3,(H,18,21)(H,19,20)/t15-/m1/s1. The van der Waals surface area contributed by atoms with Crippen LogP contribution in [0.4, 0.5) is 0 Å². The minimum Gasteiger partial charge on any atom is -0.354 e. The fourth-order valence-corrected chi connectivity index (χ4v) is 3.71. The van der Waals surface area contributed by atoms with Gasteiger partial charge >= 0.3 is 0 Å². The molecule has 0 saturated carbocycles. The maximum atomic E-state index is 12.4. The lowest BCUT2D eigenvalue weighted by atomic mass is 10.0. The number of benzene rings is 1. The molecule has 1 atom stereocenters. The number of nitrogens with zero attached hydrogens (tertiary/aromatic N) is 1. The van der Waals surface area contributed by atoms with Crippen molar-refractivity contribution in [2.45, 2.75) is 45.1 Å². The number of amidine groups is 1. The first-order valence-corrected chi connectivity index (χ1v) is 9.68. The first-order chi connectivity index (χ1) is 11.2. The van der Waals surface area contributed by atoms with Crippen LogP contribution in [0.1, 0.15) is 39.7 Å². The van der Waals surface area contributed by atoms with Gasteiger partial charge in [0.25, 0.3) is 10.0 Å². The Morgan fingerprint density at radius 2 is 1.88 bits per heavy atom. The molecular weight excluding hydrogens is 326 g/mol. The van der Waals surface area contributed by atoms with Gasteiger partial charge in [-0.3, -0.25) is 14.5 Å². The van der Waals surface area contributed by atoms with Gasteiger partial charge in [0.2, 0.25) is 5.91 Å². The maximum Gasteiger partial charge on any atom is 0.263 e. The van der Waals surface area contributed by atoms with Crippen LogP contribution in [0.5, 0.6) is 0 Å². The first kappa shape index (κ1) is 18.4. The topological polar surface area (TPSA) is 87.6 Å². The molecule has 1 aliphatic rings. The molecule has 1 heterocycles. The van der Waals surface area contributed by atoms with E-state index in [0.29, 0.717) is 18.0 Å². The normalized spacial score (nSPS) is 18.5. The van der Waals surface area contributed by atoms with E-state index in [4.69, 9.17) is 0 Å². The quantitative estimate of drug-likeness (QED) is 0.821. The van der Waals surface area contributed by atoms with Gasteiger partial charge in [0.15, 0.2) is 0 Å². The van der Waals surface area contributed by atoms with E-state index in [2.05, 4.69) is 28.9 Å². The van der Waals surface area contributed by atoms with Crippen LogP contribution in [0.3, 0.4) is 0 Å². The van der Waals surface area contributed by atoms with Crippen LogP contribution in [-0.2, 0) is 14.8 Å². The van der Waals surface area contributed by atoms with Crippen molar-refractivity contribution >= 4 is 21.8 Å². The van der Waals surface area contributed by atoms with Crippen molar-refractivity contribution in [2.24, 2.45) is 16.8 Å². The van der Waals surface area contributed by atoms with Crippen molar-refractivity contribution < 1.29 is 13.2 Å². The average Bonchev–Trinajstić information content (AvgIpc) is 2.75. The predicted molar refractivity (Wildman–Crippen MR) is 94.4 cm³/mol. The molecule has 0 saturated heterocycles. The number of sulfonamides is 1. The molecule has 0 aromatic heterocycles. The predicted octanol–water partition coefficient (Wildman–Crippen LogP) is 1.91. The molecule has 24 heavy (non-hydrogen) atoms. The Morgan fingerprint density at radius 1 is 1.21 bits per heavy atom. The van der Waals surface area contributed by atoms with Crippen LogP contribution in [0.25, 0.3) is 0 Å². The number of aliphatic imine (C=N–C) groups is 1. The third-order valence-electron chi connectivity index (χ3n) is 3.85. The van der Waals surface area contributed by atoms with E-state index in [0.717, 1.165) is 6.42 Å². The van der Waals surface area contributed by atoms with Crippen LogP contribution in [0, 0.1) is 11.8 Å². The molecule has 1 aliphatic heterocycles. The highest BCUT2D eigenvalue weighted by Gasteiger charge is 2.32. The van der Waals surface area contributed by atoms with Crippen molar-refractivity contribution in [2.75, 3.05) is 6.54 Å². The summed E-state index contributed by atoms with van der Waals surface area (Å²) in [6, 6.07) is 6.01. The zero-order valence-electron chi connectivity index (χ0n) is 14.5. The number of amides is 1. The molecule has 1 aromatic rings. The third kappa shape index (κ3) is 4.14. The molecular formula is C17H25N3O3S. The van der Waals surface area contributed by atoms with Gasteiger partial charge in [-0.1, -0.05) is 39.8 Å². The summed E-state index contributed by atoms with van der Waals surface area (Å²) in [6.07, 6.45) is 0.891. The fraction of sp³-hybridized carbons (Fsp3) is 0.529. The second kappa shape index (κ2) is 7.34. The summed E-state index contributed by atoms with van der Waals surface area (Å²) in [5.41, 5.74) is 0.512. The van der Waals surface area contributed by atoms with E-state index in [1.54, 1.807) is 18.2 Å². The maximum absolute atomic E-state index is 12.4. The fourth-order valence-electron chi connectivity index (χ4n) is 2.47. The van der Waals surface area contributed by atoms with Crippen molar-refractivity contribution in [1.29, 1.82) is 0 Å². The van der Waals surface area contributed by atoms with Crippen molar-refractivity contribution in [3.8, 4) is 0 Å². The minimum atomic E-state index is -3.59. The molecule has 0 fully saturated rings. The monoisotopic (exact) mass is 351 g/mol. The van der Waals surface area contributed by atoms with Crippen LogP contribution in [-0.4, -0.2) is 32.7 Å². The number of rotatable bonds is 6. The van der Waals surface area contributed by atoms with E-state index in [9.17, 15) is 13.2 Å². The molecule has 1 aromatic carbocycles. The molecule has 1 amide bonds. The van der Waals surface area contributed by atoms with Gasteiger partial charge in [-0.05, 0) is 30.4 Å². The summed E-state index contributed by atoms with van der Waals surface area (Å²) in [4.78, 5) is 17.1. The molecule has 2 N–H and O–H groups in total. The highest BCUT2D eigenvalue weighted by molar-refractivity contribution is 7.90. The minimum absolute atomic E-state index is 0.0474. The summed E-state index contributed by atoms with van der Waals surface area (Å²) < 4.78 is 26.7. The lowest BCUT2D eigenvalue weighted by Crippen LogP contribution is -2.39. The van der Waals surface area contributed by atoms with Crippen molar-refractivity contribution in [1.82, 2.24) is 10.0 Å². The van der Waals surface area contributed by atoms with E-state index in [1.807, 2.05) is 13.8 Å². The van der Waals surface area contributed by atoms with Gasteiger partial charge in [0.1, 0.15) is 11.9 Å². The Labute approximate surface area is 143 Å². The van der Waals surface area contributed by atoms with E-state index in [-0.39, 0.29) is 22.6 Å². The summed E-state index contributed by atoms with van der Waals surface area (Å²) in [6.45, 7) is 8.57. The van der Waals surface area contributed by atoms with Gasteiger partial charge in [-0.2, -0.15) is 0 Å². The summed E-state index contributed by atoms with van der Waals surface area (Å²) in [5, 5.41) is 2.89. The number of hydrogen-bond donors (Lipinski definition) is 2. The van der Waals surface area contributed by atoms with Crippen LogP contribution < -0.4 is 10.0 Å². The number of fused-ring (bicyclic) bond motifs is 1. The Kier molecular flexibility index (Phi) is 5.64. The summed E-state index contributed by atoms with van der Waals surface area (Å²) in [5.74, 6) is 0.515. The van der Waals surface area contributed by atoms with Crippen LogP contribution in [0.15, 0.2) is 34.2 Å². The number of carbonyl (C=O) groups excluding carboxylic acids is 1. The van der Waals surface area contributed by atoms with Gasteiger partial charge in [0, 0.05) is 12.1 Å². The molecule has 2 rings (SSSR count). The second-order valence-corrected chi connectivity index (χ2v) is 8.39. The van der Waals surface area contributed by atoms with E-state index < -0.39 is 16.1 Å². The Hall–Kier alpha value is -1.89. The van der Waals surface area contributed by atoms with Crippen molar-refractivity contribution in [3.63, 3.8) is 0 Å². The second-order valence-electron chi connectivity index (χ2n) is 6.74. The molecule has 0 spiro atoms. The number of nitrogens with one attached hydrogen (secondary N) is 2. The molecule has 7 heteroatoms. The van der Waals surface area contributed by atoms with Crippen LogP contribution in [0.2, 0.25) is 0 Å². The van der Waals surface area contributed by atoms with Crippen molar-refractivity contribution in [3.05, 3.63) is 29.8 Å². The molecule has 0 radical (unpaired) electrons. The van der Waals surface area contributed by atoms with Gasteiger partial charge in [-0.15, -0.1) is 0 Å². The smallest absolute Gasteiger partial charge is 0.263 e. The summed E-state index contributed by atoms with van der Waals surface area (Å²) >= 11 is 0. The lowest BCUT2D eigenvalue weighted by molar-refractivity contribution is -0.123. The van der Waals surface area contributed by atoms with Gasteiger partial charge in [-0.25, -0.2) is 8.42 Å². The molecule has 6 nitrogen and oxygen atoms in total. The average molecular weight is 351 g/mol. The molecule has 0 bridgehead atoms. The molecule has 0 unspecified atom stereocenters. The Morgan fingerprint density at radius 3 is 2.50 bits per heavy atom. The van der Waals surface area contributed by atoms with E-state index in [1.165, 1.54) is 6.07 Å². The number of hydrogen-bond acceptors (Lipinski definition) is 4. The SMILES string of the molecule is CC(C)CCNC(=O)[C@H](N=C1NS(=O)(=O)c2ccccc21)C(C)C. The van der Waals surface area contributed by atoms with Crippen LogP contribution >= 0.6 is 0 Å². The van der Waals surface area contributed by atoms with E-state index >= 15 is 0 Å². The number of carbonyl (C=O) groups is 1. The first-order valence-electron chi connectivity index (χ1n) is 8.20. The Balaban J connectivity index is 2.25.